The second kappa shape index (κ2) is 5.64. The molecule has 0 radical (unpaired) electrons. The van der Waals surface area contributed by atoms with Gasteiger partial charge in [-0.25, -0.2) is 13.4 Å². The van der Waals surface area contributed by atoms with Crippen LogP contribution in [0.4, 0.5) is 5.69 Å². The predicted octanol–water partition coefficient (Wildman–Crippen LogP) is 1.28. The first-order valence-corrected chi connectivity index (χ1v) is 7.60. The summed E-state index contributed by atoms with van der Waals surface area (Å²) in [5, 5.41) is 2.90. The molecule has 0 aliphatic rings. The first-order chi connectivity index (χ1) is 9.46. The minimum atomic E-state index is -3.56. The number of nitrogens with one attached hydrogen (secondary N) is 1. The van der Waals surface area contributed by atoms with Crippen LogP contribution in [0.5, 0.6) is 0 Å². The van der Waals surface area contributed by atoms with E-state index in [0.29, 0.717) is 11.5 Å². The Balaban J connectivity index is 2.32. The van der Waals surface area contributed by atoms with Crippen molar-refractivity contribution < 1.29 is 8.42 Å². The summed E-state index contributed by atoms with van der Waals surface area (Å²) < 4.78 is 28.3. The van der Waals surface area contributed by atoms with E-state index in [4.69, 9.17) is 0 Å². The summed E-state index contributed by atoms with van der Waals surface area (Å²) in [6.07, 6.45) is 3.44. The fourth-order valence-corrected chi connectivity index (χ4v) is 3.22. The molecule has 0 saturated carbocycles. The van der Waals surface area contributed by atoms with Gasteiger partial charge in [-0.15, -0.1) is 0 Å². The molecule has 0 aliphatic carbocycles. The highest BCUT2D eigenvalue weighted by Gasteiger charge is 2.24. The van der Waals surface area contributed by atoms with Crippen molar-refractivity contribution >= 4 is 15.7 Å². The molecule has 7 heteroatoms. The minimum absolute atomic E-state index is 0.226. The number of anilines is 1. The van der Waals surface area contributed by atoms with E-state index >= 15 is 0 Å². The van der Waals surface area contributed by atoms with E-state index in [9.17, 15) is 8.42 Å². The van der Waals surface area contributed by atoms with Gasteiger partial charge in [-0.05, 0) is 12.1 Å². The zero-order valence-electron chi connectivity index (χ0n) is 11.7. The molecule has 0 fully saturated rings. The van der Waals surface area contributed by atoms with Crippen molar-refractivity contribution in [3.63, 3.8) is 0 Å². The third kappa shape index (κ3) is 2.68. The second-order valence-electron chi connectivity index (χ2n) is 4.46. The smallest absolute Gasteiger partial charge is 0.245 e. The van der Waals surface area contributed by atoms with Crippen molar-refractivity contribution in [3.8, 4) is 0 Å². The van der Waals surface area contributed by atoms with E-state index in [-0.39, 0.29) is 11.4 Å². The van der Waals surface area contributed by atoms with Gasteiger partial charge < -0.3 is 9.88 Å². The molecular weight excluding hydrogens is 276 g/mol. The van der Waals surface area contributed by atoms with Crippen LogP contribution in [0.1, 0.15) is 5.82 Å². The Morgan fingerprint density at radius 2 is 2.05 bits per heavy atom. The lowest BCUT2D eigenvalue weighted by Gasteiger charge is -2.18. The van der Waals surface area contributed by atoms with Crippen LogP contribution in [0.2, 0.25) is 0 Å². The number of benzene rings is 1. The fraction of sp³-hybridized carbons (Fsp3) is 0.308. The number of hydrogen-bond acceptors (Lipinski definition) is 4. The number of aryl methyl sites for hydroxylation is 1. The molecule has 0 bridgehead atoms. The van der Waals surface area contributed by atoms with Crippen molar-refractivity contribution in [2.75, 3.05) is 19.4 Å². The van der Waals surface area contributed by atoms with Crippen LogP contribution in [0.3, 0.4) is 0 Å². The summed E-state index contributed by atoms with van der Waals surface area (Å²) in [7, 11) is 1.53. The first kappa shape index (κ1) is 14.5. The van der Waals surface area contributed by atoms with E-state index in [2.05, 4.69) is 10.3 Å². The molecule has 108 valence electrons. The Hall–Kier alpha value is -1.86. The number of rotatable bonds is 5. The summed E-state index contributed by atoms with van der Waals surface area (Å²) in [5.41, 5.74) is 0.583. The second-order valence-corrected chi connectivity index (χ2v) is 6.47. The van der Waals surface area contributed by atoms with Gasteiger partial charge in [0.1, 0.15) is 10.7 Å². The normalized spacial score (nSPS) is 11.8. The molecule has 2 aromatic rings. The van der Waals surface area contributed by atoms with Crippen molar-refractivity contribution in [2.45, 2.75) is 11.4 Å². The Bertz CT molecular complexity index is 694. The molecule has 0 unspecified atom stereocenters. The Kier molecular flexibility index (Phi) is 4.10. The average molecular weight is 294 g/mol. The van der Waals surface area contributed by atoms with Crippen molar-refractivity contribution in [2.24, 2.45) is 7.05 Å². The molecule has 1 heterocycles. The molecule has 0 atom stereocenters. The molecular formula is C13H18N4O2S. The molecule has 6 nitrogen and oxygen atoms in total. The lowest BCUT2D eigenvalue weighted by Crippen LogP contribution is -2.28. The van der Waals surface area contributed by atoms with Gasteiger partial charge in [0.15, 0.2) is 0 Å². The van der Waals surface area contributed by atoms with Crippen LogP contribution < -0.4 is 5.32 Å². The number of para-hydroxylation sites is 1. The number of hydrogen-bond donors (Lipinski definition) is 1. The molecule has 1 aromatic heterocycles. The molecule has 0 aliphatic heterocycles. The monoisotopic (exact) mass is 294 g/mol. The third-order valence-electron chi connectivity index (χ3n) is 3.13. The molecule has 0 amide bonds. The lowest BCUT2D eigenvalue weighted by molar-refractivity contribution is 0.451. The van der Waals surface area contributed by atoms with Crippen LogP contribution >= 0.6 is 0 Å². The highest BCUT2D eigenvalue weighted by atomic mass is 32.2. The highest BCUT2D eigenvalue weighted by Crippen LogP contribution is 2.24. The SMILES string of the molecule is CNc1ccccc1S(=O)(=O)N(C)Cc1nccn1C. The summed E-state index contributed by atoms with van der Waals surface area (Å²) in [6, 6.07) is 6.84. The van der Waals surface area contributed by atoms with Crippen LogP contribution in [-0.4, -0.2) is 36.4 Å². The third-order valence-corrected chi connectivity index (χ3v) is 4.99. The maximum absolute atomic E-state index is 12.6. The molecule has 1 aromatic carbocycles. The fourth-order valence-electron chi connectivity index (χ4n) is 1.90. The van der Waals surface area contributed by atoms with Gasteiger partial charge in [-0.2, -0.15) is 4.31 Å². The number of imidazole rings is 1. The van der Waals surface area contributed by atoms with E-state index in [1.807, 2.05) is 7.05 Å². The minimum Gasteiger partial charge on any atom is -0.387 e. The van der Waals surface area contributed by atoms with Gasteiger partial charge in [0.25, 0.3) is 0 Å². The molecule has 0 spiro atoms. The largest absolute Gasteiger partial charge is 0.387 e. The number of aromatic nitrogens is 2. The summed E-state index contributed by atoms with van der Waals surface area (Å²) >= 11 is 0. The first-order valence-electron chi connectivity index (χ1n) is 6.16. The number of sulfonamides is 1. The van der Waals surface area contributed by atoms with Crippen LogP contribution in [0.25, 0.3) is 0 Å². The van der Waals surface area contributed by atoms with Crippen molar-refractivity contribution in [1.82, 2.24) is 13.9 Å². The van der Waals surface area contributed by atoms with E-state index < -0.39 is 10.0 Å². The molecule has 0 saturated heterocycles. The quantitative estimate of drug-likeness (QED) is 0.902. The van der Waals surface area contributed by atoms with E-state index in [0.717, 1.165) is 0 Å². The predicted molar refractivity (Wildman–Crippen MR) is 77.8 cm³/mol. The van der Waals surface area contributed by atoms with Crippen LogP contribution in [0.15, 0.2) is 41.6 Å². The van der Waals surface area contributed by atoms with Crippen LogP contribution in [-0.2, 0) is 23.6 Å². The van der Waals surface area contributed by atoms with Gasteiger partial charge in [0, 0.05) is 33.5 Å². The van der Waals surface area contributed by atoms with Gasteiger partial charge >= 0.3 is 0 Å². The van der Waals surface area contributed by atoms with E-state index in [1.165, 1.54) is 4.31 Å². The van der Waals surface area contributed by atoms with Gasteiger partial charge in [0.2, 0.25) is 10.0 Å². The zero-order chi connectivity index (χ0) is 14.8. The van der Waals surface area contributed by atoms with Gasteiger partial charge in [-0.3, -0.25) is 0 Å². The van der Waals surface area contributed by atoms with E-state index in [1.54, 1.807) is 55.3 Å². The summed E-state index contributed by atoms with van der Waals surface area (Å²) in [4.78, 5) is 4.41. The summed E-state index contributed by atoms with van der Waals surface area (Å²) in [5.74, 6) is 0.693. The Labute approximate surface area is 119 Å². The molecule has 1 N–H and O–H groups in total. The topological polar surface area (TPSA) is 67.2 Å². The standard InChI is InChI=1S/C13H18N4O2S/c1-14-11-6-4-5-7-12(11)20(18,19)17(3)10-13-15-8-9-16(13)2/h4-9,14H,10H2,1-3H3. The Morgan fingerprint density at radius 3 is 2.65 bits per heavy atom. The zero-order valence-corrected chi connectivity index (χ0v) is 12.6. The number of nitrogens with zero attached hydrogens (tertiary/aromatic N) is 3. The van der Waals surface area contributed by atoms with Gasteiger partial charge in [-0.1, -0.05) is 12.1 Å². The van der Waals surface area contributed by atoms with Crippen molar-refractivity contribution in [1.29, 1.82) is 0 Å². The maximum atomic E-state index is 12.6. The highest BCUT2D eigenvalue weighted by molar-refractivity contribution is 7.89. The summed E-state index contributed by atoms with van der Waals surface area (Å²) in [6.45, 7) is 0.226. The van der Waals surface area contributed by atoms with Crippen molar-refractivity contribution in [3.05, 3.63) is 42.5 Å². The molecule has 20 heavy (non-hydrogen) atoms. The maximum Gasteiger partial charge on any atom is 0.245 e. The average Bonchev–Trinajstić information content (AvgIpc) is 2.84. The van der Waals surface area contributed by atoms with Crippen LogP contribution in [0, 0.1) is 0 Å². The Morgan fingerprint density at radius 1 is 1.35 bits per heavy atom. The lowest BCUT2D eigenvalue weighted by atomic mass is 10.3. The van der Waals surface area contributed by atoms with Gasteiger partial charge in [0.05, 0.1) is 12.2 Å². The molecule has 2 rings (SSSR count).